The molecule has 2 amide bonds. The molecule has 0 bridgehead atoms. The van der Waals surface area contributed by atoms with Gasteiger partial charge in [0.25, 0.3) is 0 Å². The van der Waals surface area contributed by atoms with Gasteiger partial charge in [-0.3, -0.25) is 0 Å². The Bertz CT molecular complexity index is 497. The quantitative estimate of drug-likeness (QED) is 0.917. The normalized spacial score (nSPS) is 15.2. The van der Waals surface area contributed by atoms with E-state index >= 15 is 0 Å². The molecule has 0 atom stereocenters. The van der Waals surface area contributed by atoms with Crippen LogP contribution in [0.25, 0.3) is 0 Å². The first-order chi connectivity index (χ1) is 10.0. The Morgan fingerprint density at radius 3 is 2.38 bits per heavy atom. The van der Waals surface area contributed by atoms with Crippen LogP contribution in [0.3, 0.4) is 0 Å². The molecule has 2 N–H and O–H groups in total. The summed E-state index contributed by atoms with van der Waals surface area (Å²) < 4.78 is 11.1. The van der Waals surface area contributed by atoms with Crippen molar-refractivity contribution in [2.45, 2.75) is 20.0 Å². The third-order valence-electron chi connectivity index (χ3n) is 3.47. The molecular weight excluding hydrogens is 270 g/mol. The Balaban J connectivity index is 2.12. The van der Waals surface area contributed by atoms with Crippen molar-refractivity contribution >= 4 is 11.7 Å². The number of nitrogens with two attached hydrogens (primary N) is 1. The number of amides is 2. The molecule has 0 radical (unpaired) electrons. The van der Waals surface area contributed by atoms with E-state index in [1.54, 1.807) is 12.0 Å². The van der Waals surface area contributed by atoms with Gasteiger partial charge in [-0.15, -0.1) is 0 Å². The van der Waals surface area contributed by atoms with E-state index in [9.17, 15) is 4.79 Å². The summed E-state index contributed by atoms with van der Waals surface area (Å²) in [5.41, 5.74) is 6.37. The highest BCUT2D eigenvalue weighted by molar-refractivity contribution is 5.72. The van der Waals surface area contributed by atoms with Crippen LogP contribution in [-0.2, 0) is 0 Å². The van der Waals surface area contributed by atoms with E-state index in [2.05, 4.69) is 4.90 Å². The van der Waals surface area contributed by atoms with Gasteiger partial charge < -0.3 is 25.0 Å². The summed E-state index contributed by atoms with van der Waals surface area (Å²) in [6, 6.07) is 5.55. The number of carbonyl (C=O) groups is 1. The van der Waals surface area contributed by atoms with E-state index in [4.69, 9.17) is 15.2 Å². The van der Waals surface area contributed by atoms with Crippen molar-refractivity contribution in [2.75, 3.05) is 38.2 Å². The van der Waals surface area contributed by atoms with E-state index in [1.807, 2.05) is 32.0 Å². The van der Waals surface area contributed by atoms with Gasteiger partial charge in [0, 0.05) is 37.9 Å². The van der Waals surface area contributed by atoms with Crippen LogP contribution >= 0.6 is 0 Å². The highest BCUT2D eigenvalue weighted by Crippen LogP contribution is 2.32. The number of methoxy groups -OCH3 is 1. The SMILES string of the molecule is COc1ccc(N2CCN(C(N)=O)CC2)cc1OC(C)C. The zero-order valence-corrected chi connectivity index (χ0v) is 12.8. The van der Waals surface area contributed by atoms with Crippen molar-refractivity contribution in [1.29, 1.82) is 0 Å². The van der Waals surface area contributed by atoms with Crippen molar-refractivity contribution in [3.63, 3.8) is 0 Å². The number of hydrogen-bond donors (Lipinski definition) is 1. The summed E-state index contributed by atoms with van der Waals surface area (Å²) in [5.74, 6) is 1.46. The number of primary amides is 1. The maximum atomic E-state index is 11.1. The number of hydrogen-bond acceptors (Lipinski definition) is 4. The number of urea groups is 1. The van der Waals surface area contributed by atoms with Gasteiger partial charge in [0.2, 0.25) is 0 Å². The van der Waals surface area contributed by atoms with Crippen LogP contribution in [0.2, 0.25) is 0 Å². The number of carbonyl (C=O) groups excluding carboxylic acids is 1. The summed E-state index contributed by atoms with van der Waals surface area (Å²) in [5, 5.41) is 0. The molecule has 6 nitrogen and oxygen atoms in total. The van der Waals surface area contributed by atoms with Crippen LogP contribution in [0.1, 0.15) is 13.8 Å². The van der Waals surface area contributed by atoms with Gasteiger partial charge in [0.1, 0.15) is 0 Å². The summed E-state index contributed by atoms with van der Waals surface area (Å²) >= 11 is 0. The minimum Gasteiger partial charge on any atom is -0.493 e. The van der Waals surface area contributed by atoms with Crippen LogP contribution < -0.4 is 20.1 Å². The summed E-state index contributed by atoms with van der Waals surface area (Å²) in [4.78, 5) is 15.0. The van der Waals surface area contributed by atoms with E-state index < -0.39 is 0 Å². The van der Waals surface area contributed by atoms with E-state index in [0.717, 1.165) is 30.3 Å². The molecule has 0 unspecified atom stereocenters. The standard InChI is InChI=1S/C15H23N3O3/c1-11(2)21-14-10-12(4-5-13(14)20-3)17-6-8-18(9-7-17)15(16)19/h4-5,10-11H,6-9H2,1-3H3,(H2,16,19). The summed E-state index contributed by atoms with van der Waals surface area (Å²) in [6.45, 7) is 6.77. The zero-order chi connectivity index (χ0) is 15.4. The number of anilines is 1. The molecule has 21 heavy (non-hydrogen) atoms. The minimum atomic E-state index is -0.354. The van der Waals surface area contributed by atoms with Gasteiger partial charge >= 0.3 is 6.03 Å². The first-order valence-corrected chi connectivity index (χ1v) is 7.15. The van der Waals surface area contributed by atoms with E-state index in [1.165, 1.54) is 0 Å². The lowest BCUT2D eigenvalue weighted by Crippen LogP contribution is -2.50. The number of ether oxygens (including phenoxy) is 2. The molecule has 1 aliphatic heterocycles. The van der Waals surface area contributed by atoms with Crippen molar-refractivity contribution < 1.29 is 14.3 Å². The van der Waals surface area contributed by atoms with E-state index in [0.29, 0.717) is 13.1 Å². The monoisotopic (exact) mass is 293 g/mol. The average Bonchev–Trinajstić information content (AvgIpc) is 2.46. The summed E-state index contributed by atoms with van der Waals surface area (Å²) in [6.07, 6.45) is 0.0841. The fraction of sp³-hybridized carbons (Fsp3) is 0.533. The second-order valence-electron chi connectivity index (χ2n) is 5.31. The van der Waals surface area contributed by atoms with Crippen LogP contribution in [-0.4, -0.2) is 50.3 Å². The van der Waals surface area contributed by atoms with Crippen LogP contribution in [0, 0.1) is 0 Å². The fourth-order valence-corrected chi connectivity index (χ4v) is 2.39. The van der Waals surface area contributed by atoms with Gasteiger partial charge in [0.15, 0.2) is 11.5 Å². The molecule has 116 valence electrons. The first-order valence-electron chi connectivity index (χ1n) is 7.15. The second kappa shape index (κ2) is 6.56. The predicted octanol–water partition coefficient (Wildman–Crippen LogP) is 1.68. The van der Waals surface area contributed by atoms with Crippen LogP contribution in [0.4, 0.5) is 10.5 Å². The Hall–Kier alpha value is -2.11. The topological polar surface area (TPSA) is 68.0 Å². The van der Waals surface area contributed by atoms with E-state index in [-0.39, 0.29) is 12.1 Å². The van der Waals surface area contributed by atoms with Crippen molar-refractivity contribution in [2.24, 2.45) is 5.73 Å². The Morgan fingerprint density at radius 2 is 1.86 bits per heavy atom. The molecule has 1 aromatic carbocycles. The highest BCUT2D eigenvalue weighted by Gasteiger charge is 2.20. The van der Waals surface area contributed by atoms with Crippen molar-refractivity contribution in [1.82, 2.24) is 4.90 Å². The maximum Gasteiger partial charge on any atom is 0.314 e. The third-order valence-corrected chi connectivity index (χ3v) is 3.47. The molecule has 1 aromatic rings. The lowest BCUT2D eigenvalue weighted by molar-refractivity contribution is 0.204. The van der Waals surface area contributed by atoms with Gasteiger partial charge in [-0.25, -0.2) is 4.79 Å². The highest BCUT2D eigenvalue weighted by atomic mass is 16.5. The molecule has 0 aliphatic carbocycles. The molecule has 1 fully saturated rings. The fourth-order valence-electron chi connectivity index (χ4n) is 2.39. The molecule has 2 rings (SSSR count). The van der Waals surface area contributed by atoms with Gasteiger partial charge in [0.05, 0.1) is 13.2 Å². The molecule has 0 spiro atoms. The number of benzene rings is 1. The van der Waals surface area contributed by atoms with Gasteiger partial charge in [-0.1, -0.05) is 0 Å². The second-order valence-corrected chi connectivity index (χ2v) is 5.31. The molecule has 0 saturated carbocycles. The Kier molecular flexibility index (Phi) is 4.77. The van der Waals surface area contributed by atoms with Crippen LogP contribution in [0.5, 0.6) is 11.5 Å². The minimum absolute atomic E-state index is 0.0841. The molecule has 1 aliphatic rings. The Morgan fingerprint density at radius 1 is 1.19 bits per heavy atom. The zero-order valence-electron chi connectivity index (χ0n) is 12.8. The average molecular weight is 293 g/mol. The van der Waals surface area contributed by atoms with Crippen molar-refractivity contribution in [3.8, 4) is 11.5 Å². The molecule has 1 saturated heterocycles. The number of piperazine rings is 1. The lowest BCUT2D eigenvalue weighted by Gasteiger charge is -2.35. The number of rotatable bonds is 4. The molecular formula is C15H23N3O3. The smallest absolute Gasteiger partial charge is 0.314 e. The number of nitrogens with zero attached hydrogens (tertiary/aromatic N) is 2. The van der Waals surface area contributed by atoms with Crippen molar-refractivity contribution in [3.05, 3.63) is 18.2 Å². The predicted molar refractivity (Wildman–Crippen MR) is 82.1 cm³/mol. The first kappa shape index (κ1) is 15.3. The maximum absolute atomic E-state index is 11.1. The molecule has 0 aromatic heterocycles. The lowest BCUT2D eigenvalue weighted by atomic mass is 10.2. The Labute approximate surface area is 125 Å². The molecule has 6 heteroatoms. The largest absolute Gasteiger partial charge is 0.493 e. The van der Waals surface area contributed by atoms with Gasteiger partial charge in [-0.2, -0.15) is 0 Å². The van der Waals surface area contributed by atoms with Crippen LogP contribution in [0.15, 0.2) is 18.2 Å². The third kappa shape index (κ3) is 3.71. The molecule has 1 heterocycles. The van der Waals surface area contributed by atoms with Gasteiger partial charge in [-0.05, 0) is 26.0 Å². The summed E-state index contributed by atoms with van der Waals surface area (Å²) in [7, 11) is 1.63.